The lowest BCUT2D eigenvalue weighted by Crippen LogP contribution is -2.53. The summed E-state index contributed by atoms with van der Waals surface area (Å²) in [6, 6.07) is 14.9. The second-order valence-electron chi connectivity index (χ2n) is 6.80. The SMILES string of the molecule is CCC(C(C)S)N1C(=O)COC(c2cccc(Cl)c2)C1c1ccc(Cl)cc1. The van der Waals surface area contributed by atoms with E-state index in [9.17, 15) is 4.79 Å². The van der Waals surface area contributed by atoms with Gasteiger partial charge in [0, 0.05) is 21.3 Å². The molecule has 1 aliphatic heterocycles. The first-order chi connectivity index (χ1) is 12.9. The molecule has 3 rings (SSSR count). The van der Waals surface area contributed by atoms with E-state index in [2.05, 4.69) is 19.6 Å². The lowest BCUT2D eigenvalue weighted by Gasteiger charge is -2.46. The maximum Gasteiger partial charge on any atom is 0.249 e. The Balaban J connectivity index is 2.11. The van der Waals surface area contributed by atoms with Crippen LogP contribution in [-0.4, -0.2) is 28.7 Å². The Labute approximate surface area is 176 Å². The van der Waals surface area contributed by atoms with Crippen LogP contribution >= 0.6 is 35.8 Å². The number of hydrogen-bond donors (Lipinski definition) is 1. The summed E-state index contributed by atoms with van der Waals surface area (Å²) in [4.78, 5) is 14.8. The summed E-state index contributed by atoms with van der Waals surface area (Å²) in [5, 5.41) is 1.33. The molecular weight excluding hydrogens is 401 g/mol. The molecule has 144 valence electrons. The first-order valence-corrected chi connectivity index (χ1v) is 10.3. The van der Waals surface area contributed by atoms with E-state index in [4.69, 9.17) is 27.9 Å². The van der Waals surface area contributed by atoms with Crippen LogP contribution in [0.2, 0.25) is 10.0 Å². The van der Waals surface area contributed by atoms with E-state index < -0.39 is 0 Å². The molecule has 0 saturated carbocycles. The number of morpholine rings is 1. The fraction of sp³-hybridized carbons (Fsp3) is 0.381. The fourth-order valence-corrected chi connectivity index (χ4v) is 4.43. The van der Waals surface area contributed by atoms with Gasteiger partial charge in [-0.1, -0.05) is 61.3 Å². The Morgan fingerprint density at radius 3 is 2.44 bits per heavy atom. The van der Waals surface area contributed by atoms with Gasteiger partial charge in [-0.25, -0.2) is 0 Å². The molecule has 0 aromatic heterocycles. The molecule has 6 heteroatoms. The number of halogens is 2. The predicted molar refractivity (Wildman–Crippen MR) is 114 cm³/mol. The average molecular weight is 424 g/mol. The van der Waals surface area contributed by atoms with Crippen molar-refractivity contribution < 1.29 is 9.53 Å². The van der Waals surface area contributed by atoms with Gasteiger partial charge in [0.25, 0.3) is 0 Å². The van der Waals surface area contributed by atoms with E-state index in [1.165, 1.54) is 0 Å². The monoisotopic (exact) mass is 423 g/mol. The van der Waals surface area contributed by atoms with Gasteiger partial charge in [-0.2, -0.15) is 12.6 Å². The van der Waals surface area contributed by atoms with Gasteiger partial charge in [-0.05, 0) is 41.8 Å². The Hall–Kier alpha value is -1.20. The molecule has 0 spiro atoms. The van der Waals surface area contributed by atoms with Crippen LogP contribution in [0.5, 0.6) is 0 Å². The van der Waals surface area contributed by atoms with Gasteiger partial charge >= 0.3 is 0 Å². The molecule has 0 aliphatic carbocycles. The molecule has 1 amide bonds. The normalized spacial score (nSPS) is 22.6. The van der Waals surface area contributed by atoms with Crippen molar-refractivity contribution in [1.82, 2.24) is 4.90 Å². The third-order valence-electron chi connectivity index (χ3n) is 4.98. The standard InChI is InChI=1S/C21H23Cl2NO2S/c1-3-18(13(2)27)24-19(25)12-26-21(15-5-4-6-17(23)11-15)20(24)14-7-9-16(22)10-8-14/h4-11,13,18,20-21,27H,3,12H2,1-2H3. The molecule has 2 aromatic carbocycles. The van der Waals surface area contributed by atoms with Crippen LogP contribution in [0.25, 0.3) is 0 Å². The van der Waals surface area contributed by atoms with Crippen LogP contribution in [-0.2, 0) is 9.53 Å². The molecule has 0 radical (unpaired) electrons. The van der Waals surface area contributed by atoms with Crippen molar-refractivity contribution in [3.63, 3.8) is 0 Å². The van der Waals surface area contributed by atoms with Crippen molar-refractivity contribution in [2.75, 3.05) is 6.61 Å². The third kappa shape index (κ3) is 4.45. The summed E-state index contributed by atoms with van der Waals surface area (Å²) in [6.45, 7) is 4.14. The number of nitrogens with zero attached hydrogens (tertiary/aromatic N) is 1. The van der Waals surface area contributed by atoms with Crippen LogP contribution in [0.1, 0.15) is 43.5 Å². The number of carbonyl (C=O) groups excluding carboxylic acids is 1. The summed E-state index contributed by atoms with van der Waals surface area (Å²) in [7, 11) is 0. The number of benzene rings is 2. The first kappa shape index (κ1) is 20.5. The molecule has 4 atom stereocenters. The first-order valence-electron chi connectivity index (χ1n) is 9.04. The van der Waals surface area contributed by atoms with E-state index in [0.717, 1.165) is 17.5 Å². The van der Waals surface area contributed by atoms with Gasteiger partial charge in [0.2, 0.25) is 5.91 Å². The van der Waals surface area contributed by atoms with Gasteiger partial charge in [-0.15, -0.1) is 0 Å². The van der Waals surface area contributed by atoms with Gasteiger partial charge in [0.05, 0.1) is 6.04 Å². The average Bonchev–Trinajstić information content (AvgIpc) is 2.64. The van der Waals surface area contributed by atoms with Crippen molar-refractivity contribution in [2.45, 2.75) is 43.7 Å². The molecule has 4 unspecified atom stereocenters. The highest BCUT2D eigenvalue weighted by atomic mass is 35.5. The highest BCUT2D eigenvalue weighted by Crippen LogP contribution is 2.43. The number of rotatable bonds is 5. The van der Waals surface area contributed by atoms with Crippen LogP contribution < -0.4 is 0 Å². The largest absolute Gasteiger partial charge is 0.361 e. The zero-order chi connectivity index (χ0) is 19.6. The minimum atomic E-state index is -0.316. The summed E-state index contributed by atoms with van der Waals surface area (Å²) >= 11 is 17.0. The second kappa shape index (κ2) is 8.87. The summed E-state index contributed by atoms with van der Waals surface area (Å²) in [6.07, 6.45) is 0.492. The number of carbonyl (C=O) groups is 1. The molecule has 3 nitrogen and oxygen atoms in total. The molecule has 1 heterocycles. The van der Waals surface area contributed by atoms with Crippen molar-refractivity contribution in [3.05, 3.63) is 69.7 Å². The minimum Gasteiger partial charge on any atom is -0.361 e. The molecule has 27 heavy (non-hydrogen) atoms. The maximum absolute atomic E-state index is 12.9. The number of hydrogen-bond acceptors (Lipinski definition) is 3. The zero-order valence-corrected chi connectivity index (χ0v) is 17.7. The van der Waals surface area contributed by atoms with Crippen LogP contribution in [0.4, 0.5) is 0 Å². The van der Waals surface area contributed by atoms with Crippen LogP contribution in [0, 0.1) is 0 Å². The van der Waals surface area contributed by atoms with E-state index in [0.29, 0.717) is 10.0 Å². The van der Waals surface area contributed by atoms with Crippen molar-refractivity contribution in [1.29, 1.82) is 0 Å². The quantitative estimate of drug-likeness (QED) is 0.621. The Kier molecular flexibility index (Phi) is 6.74. The summed E-state index contributed by atoms with van der Waals surface area (Å²) < 4.78 is 6.03. The lowest BCUT2D eigenvalue weighted by molar-refractivity contribution is -0.163. The highest BCUT2D eigenvalue weighted by molar-refractivity contribution is 7.81. The van der Waals surface area contributed by atoms with Crippen molar-refractivity contribution in [3.8, 4) is 0 Å². The summed E-state index contributed by atoms with van der Waals surface area (Å²) in [5.41, 5.74) is 1.92. The fourth-order valence-electron chi connectivity index (χ4n) is 3.75. The van der Waals surface area contributed by atoms with Gasteiger partial charge < -0.3 is 9.64 Å². The Bertz CT molecular complexity index is 797. The molecule has 0 N–H and O–H groups in total. The van der Waals surface area contributed by atoms with Crippen molar-refractivity contribution >= 4 is 41.7 Å². The van der Waals surface area contributed by atoms with E-state index in [1.807, 2.05) is 60.4 Å². The highest BCUT2D eigenvalue weighted by Gasteiger charge is 2.42. The Morgan fingerprint density at radius 1 is 1.15 bits per heavy atom. The van der Waals surface area contributed by atoms with E-state index in [-0.39, 0.29) is 36.0 Å². The molecule has 2 aromatic rings. The van der Waals surface area contributed by atoms with Crippen LogP contribution in [0.3, 0.4) is 0 Å². The van der Waals surface area contributed by atoms with E-state index >= 15 is 0 Å². The van der Waals surface area contributed by atoms with Gasteiger partial charge in [-0.3, -0.25) is 4.79 Å². The molecule has 1 fully saturated rings. The maximum atomic E-state index is 12.9. The lowest BCUT2D eigenvalue weighted by atomic mass is 9.90. The zero-order valence-electron chi connectivity index (χ0n) is 15.3. The van der Waals surface area contributed by atoms with E-state index in [1.54, 1.807) is 0 Å². The molecule has 1 aliphatic rings. The number of thiol groups is 1. The number of amides is 1. The van der Waals surface area contributed by atoms with Gasteiger partial charge in [0.15, 0.2) is 0 Å². The molecular formula is C21H23Cl2NO2S. The summed E-state index contributed by atoms with van der Waals surface area (Å²) in [5.74, 6) is -0.0269. The number of ether oxygens (including phenoxy) is 1. The molecule has 0 bridgehead atoms. The minimum absolute atomic E-state index is 0.00732. The molecule has 1 saturated heterocycles. The van der Waals surface area contributed by atoms with Crippen molar-refractivity contribution in [2.24, 2.45) is 0 Å². The Morgan fingerprint density at radius 2 is 1.85 bits per heavy atom. The van der Waals surface area contributed by atoms with Gasteiger partial charge in [0.1, 0.15) is 12.7 Å². The second-order valence-corrected chi connectivity index (χ2v) is 8.49. The topological polar surface area (TPSA) is 29.5 Å². The predicted octanol–water partition coefficient (Wildman–Crippen LogP) is 5.73. The smallest absolute Gasteiger partial charge is 0.249 e. The third-order valence-corrected chi connectivity index (χ3v) is 5.81. The van der Waals surface area contributed by atoms with Crippen LogP contribution in [0.15, 0.2) is 48.5 Å².